The van der Waals surface area contributed by atoms with Gasteiger partial charge in [0.1, 0.15) is 0 Å². The van der Waals surface area contributed by atoms with Crippen LogP contribution in [0, 0.1) is 12.0 Å². The number of hydrogen-bond donors (Lipinski definition) is 0. The monoisotopic (exact) mass is 113 g/mol. The Balaban J connectivity index is 2.30. The summed E-state index contributed by atoms with van der Waals surface area (Å²) in [5, 5.41) is 0. The van der Waals surface area contributed by atoms with Gasteiger partial charge < -0.3 is 4.74 Å². The smallest absolute Gasteiger partial charge is 0.0994 e. The van der Waals surface area contributed by atoms with Crippen LogP contribution in [0.25, 0.3) is 0 Å². The largest absolute Gasteiger partial charge is 0.375 e. The van der Waals surface area contributed by atoms with Gasteiger partial charge in [0.25, 0.3) is 0 Å². The highest BCUT2D eigenvalue weighted by Gasteiger charge is 2.23. The van der Waals surface area contributed by atoms with E-state index < -0.39 is 0 Å². The van der Waals surface area contributed by atoms with Crippen molar-refractivity contribution in [2.75, 3.05) is 7.11 Å². The average molecular weight is 113 g/mol. The summed E-state index contributed by atoms with van der Waals surface area (Å²) in [4.78, 5) is 0. The van der Waals surface area contributed by atoms with E-state index in [-0.39, 0.29) is 0 Å². The van der Waals surface area contributed by atoms with Crippen molar-refractivity contribution in [2.45, 2.75) is 26.2 Å². The predicted molar refractivity (Wildman–Crippen MR) is 33.3 cm³/mol. The van der Waals surface area contributed by atoms with Gasteiger partial charge >= 0.3 is 0 Å². The molecule has 0 heterocycles. The Morgan fingerprint density at radius 1 is 1.62 bits per heavy atom. The van der Waals surface area contributed by atoms with E-state index in [9.17, 15) is 0 Å². The van der Waals surface area contributed by atoms with Crippen LogP contribution in [0.4, 0.5) is 0 Å². The summed E-state index contributed by atoms with van der Waals surface area (Å²) >= 11 is 0. The zero-order valence-corrected chi connectivity index (χ0v) is 5.61. The Morgan fingerprint density at radius 3 is 2.62 bits per heavy atom. The Hall–Kier alpha value is -0.0400. The lowest BCUT2D eigenvalue weighted by molar-refractivity contribution is 0.175. The predicted octanol–water partition coefficient (Wildman–Crippen LogP) is 1.98. The summed E-state index contributed by atoms with van der Waals surface area (Å²) in [5.41, 5.74) is 0. The van der Waals surface area contributed by atoms with Crippen molar-refractivity contribution in [2.24, 2.45) is 5.92 Å². The summed E-state index contributed by atoms with van der Waals surface area (Å²) in [6, 6.07) is 0. The van der Waals surface area contributed by atoms with Crippen LogP contribution in [0.15, 0.2) is 0 Å². The first-order valence-corrected chi connectivity index (χ1v) is 3.24. The highest BCUT2D eigenvalue weighted by atomic mass is 16.5. The van der Waals surface area contributed by atoms with Crippen molar-refractivity contribution in [1.82, 2.24) is 0 Å². The van der Waals surface area contributed by atoms with E-state index in [0.29, 0.717) is 0 Å². The summed E-state index contributed by atoms with van der Waals surface area (Å²) in [6.07, 6.45) is 5.13. The van der Waals surface area contributed by atoms with Crippen LogP contribution in [0.3, 0.4) is 0 Å². The molecule has 1 aliphatic carbocycles. The molecule has 0 spiro atoms. The summed E-state index contributed by atoms with van der Waals surface area (Å²) in [5.74, 6) is 0.722. The van der Waals surface area contributed by atoms with Gasteiger partial charge in [-0.1, -0.05) is 13.3 Å². The van der Waals surface area contributed by atoms with Crippen molar-refractivity contribution < 1.29 is 4.74 Å². The molecule has 0 aliphatic heterocycles. The van der Waals surface area contributed by atoms with Crippen molar-refractivity contribution in [3.63, 3.8) is 0 Å². The van der Waals surface area contributed by atoms with E-state index in [1.54, 1.807) is 7.11 Å². The minimum atomic E-state index is 0.722. The fourth-order valence-electron chi connectivity index (χ4n) is 1.29. The van der Waals surface area contributed by atoms with Crippen molar-refractivity contribution in [1.29, 1.82) is 0 Å². The molecule has 1 radical (unpaired) electrons. The topological polar surface area (TPSA) is 9.23 Å². The lowest BCUT2D eigenvalue weighted by atomic mass is 10.1. The molecule has 0 saturated heterocycles. The molecular formula is C7H13O. The second-order valence-electron chi connectivity index (χ2n) is 2.46. The molecule has 0 N–H and O–H groups in total. The maximum Gasteiger partial charge on any atom is 0.0994 e. The van der Waals surface area contributed by atoms with Crippen LogP contribution >= 0.6 is 0 Å². The molecule has 1 heteroatoms. The molecule has 1 rings (SSSR count). The number of hydrogen-bond acceptors (Lipinski definition) is 1. The average Bonchev–Trinajstić information content (AvgIpc) is 2.14. The first kappa shape index (κ1) is 6.09. The third-order valence-electron chi connectivity index (χ3n) is 1.87. The van der Waals surface area contributed by atoms with Gasteiger partial charge in [-0.05, 0) is 18.8 Å². The third kappa shape index (κ3) is 1.03. The molecule has 1 aliphatic rings. The van der Waals surface area contributed by atoms with E-state index in [1.807, 2.05) is 0 Å². The van der Waals surface area contributed by atoms with Gasteiger partial charge in [-0.15, -0.1) is 0 Å². The third-order valence-corrected chi connectivity index (χ3v) is 1.87. The molecule has 0 amide bonds. The second kappa shape index (κ2) is 2.49. The normalized spacial score (nSPS) is 31.5. The van der Waals surface area contributed by atoms with E-state index >= 15 is 0 Å². The molecule has 8 heavy (non-hydrogen) atoms. The zero-order chi connectivity index (χ0) is 5.98. The van der Waals surface area contributed by atoms with Crippen molar-refractivity contribution in [3.05, 3.63) is 6.10 Å². The van der Waals surface area contributed by atoms with Gasteiger partial charge in [0.15, 0.2) is 0 Å². The molecule has 1 unspecified atom stereocenters. The fourth-order valence-corrected chi connectivity index (χ4v) is 1.29. The van der Waals surface area contributed by atoms with Crippen molar-refractivity contribution in [3.8, 4) is 0 Å². The SMILES string of the molecule is CO[C]1CCCC1C. The molecule has 0 aromatic heterocycles. The van der Waals surface area contributed by atoms with E-state index in [2.05, 4.69) is 6.92 Å². The van der Waals surface area contributed by atoms with E-state index in [0.717, 1.165) is 5.92 Å². The highest BCUT2D eigenvalue weighted by Crippen LogP contribution is 2.32. The van der Waals surface area contributed by atoms with Crippen LogP contribution < -0.4 is 0 Å². The van der Waals surface area contributed by atoms with Gasteiger partial charge in [0.05, 0.1) is 6.10 Å². The Kier molecular flexibility index (Phi) is 1.90. The first-order chi connectivity index (χ1) is 3.84. The number of methoxy groups -OCH3 is 1. The fraction of sp³-hybridized carbons (Fsp3) is 0.857. The maximum atomic E-state index is 5.14. The minimum absolute atomic E-state index is 0.722. The van der Waals surface area contributed by atoms with Gasteiger partial charge in [-0.25, -0.2) is 0 Å². The Labute approximate surface area is 51.0 Å². The van der Waals surface area contributed by atoms with Gasteiger partial charge in [-0.3, -0.25) is 0 Å². The summed E-state index contributed by atoms with van der Waals surface area (Å²) in [7, 11) is 1.77. The quantitative estimate of drug-likeness (QED) is 0.505. The first-order valence-electron chi connectivity index (χ1n) is 3.24. The van der Waals surface area contributed by atoms with Crippen molar-refractivity contribution >= 4 is 0 Å². The molecule has 0 bridgehead atoms. The lowest BCUT2D eigenvalue weighted by Gasteiger charge is -2.09. The lowest BCUT2D eigenvalue weighted by Crippen LogP contribution is -2.02. The van der Waals surface area contributed by atoms with Crippen LogP contribution in [-0.4, -0.2) is 7.11 Å². The number of ether oxygens (including phenoxy) is 1. The standard InChI is InChI=1S/C7H13O/c1-6-4-3-5-7(6)8-2/h6H,3-5H2,1-2H3. The van der Waals surface area contributed by atoms with Gasteiger partial charge in [0.2, 0.25) is 0 Å². The minimum Gasteiger partial charge on any atom is -0.375 e. The van der Waals surface area contributed by atoms with Gasteiger partial charge in [0, 0.05) is 7.11 Å². The Morgan fingerprint density at radius 2 is 2.38 bits per heavy atom. The van der Waals surface area contributed by atoms with E-state index in [1.165, 1.54) is 25.4 Å². The second-order valence-corrected chi connectivity index (χ2v) is 2.46. The highest BCUT2D eigenvalue weighted by molar-refractivity contribution is 4.90. The summed E-state index contributed by atoms with van der Waals surface area (Å²) in [6.45, 7) is 2.23. The van der Waals surface area contributed by atoms with Crippen LogP contribution in [0.5, 0.6) is 0 Å². The molecule has 0 aromatic rings. The van der Waals surface area contributed by atoms with Gasteiger partial charge in [-0.2, -0.15) is 0 Å². The van der Waals surface area contributed by atoms with Crippen LogP contribution in [0.1, 0.15) is 26.2 Å². The zero-order valence-electron chi connectivity index (χ0n) is 5.61. The maximum absolute atomic E-state index is 5.14. The molecule has 0 aromatic carbocycles. The number of rotatable bonds is 1. The van der Waals surface area contributed by atoms with Crippen LogP contribution in [0.2, 0.25) is 0 Å². The van der Waals surface area contributed by atoms with E-state index in [4.69, 9.17) is 4.74 Å². The molecule has 47 valence electrons. The molecule has 1 nitrogen and oxygen atoms in total. The van der Waals surface area contributed by atoms with Crippen LogP contribution in [-0.2, 0) is 4.74 Å². The molecule has 1 saturated carbocycles. The Bertz CT molecular complexity index is 70.8. The molecule has 1 fully saturated rings. The summed E-state index contributed by atoms with van der Waals surface area (Å²) < 4.78 is 5.14. The molecule has 1 atom stereocenters. The molecular weight excluding hydrogens is 100 g/mol.